The normalized spacial score (nSPS) is 14.2. The second-order valence-corrected chi connectivity index (χ2v) is 10.4. The van der Waals surface area contributed by atoms with E-state index in [4.69, 9.17) is 9.72 Å². The Kier molecular flexibility index (Phi) is 8.29. The molecule has 3 heterocycles. The quantitative estimate of drug-likeness (QED) is 0.162. The lowest BCUT2D eigenvalue weighted by Gasteiger charge is -2.26. The van der Waals surface area contributed by atoms with E-state index in [1.54, 1.807) is 4.57 Å². The van der Waals surface area contributed by atoms with Crippen molar-refractivity contribution in [3.63, 3.8) is 0 Å². The molecule has 7 nitrogen and oxygen atoms in total. The molecule has 0 aliphatic carbocycles. The van der Waals surface area contributed by atoms with E-state index in [9.17, 15) is 9.59 Å². The van der Waals surface area contributed by atoms with Gasteiger partial charge in [-0.2, -0.15) is 0 Å². The standard InChI is InChI=1S/C30H34N4O3S/c1-3-34-29(36)26-15-18-33(28(26)31-30(34)38-2)21-22-7-9-23(10-8-22)27(35)24-11-13-25(14-12-24)37-20-19-32-16-5-4-6-17-32/h7-15,18H,3-6,16-17,19-21H2,1-2H3. The third kappa shape index (κ3) is 5.71. The zero-order valence-electron chi connectivity index (χ0n) is 22.1. The molecule has 1 fully saturated rings. The molecule has 198 valence electrons. The zero-order chi connectivity index (χ0) is 26.5. The number of fused-ring (bicyclic) bond motifs is 1. The second-order valence-electron chi connectivity index (χ2n) is 9.63. The van der Waals surface area contributed by atoms with Crippen molar-refractivity contribution < 1.29 is 9.53 Å². The van der Waals surface area contributed by atoms with Crippen LogP contribution in [0.1, 0.15) is 47.7 Å². The van der Waals surface area contributed by atoms with Gasteiger partial charge >= 0.3 is 0 Å². The van der Waals surface area contributed by atoms with Crippen LogP contribution in [0.3, 0.4) is 0 Å². The Hall–Kier alpha value is -3.36. The number of aromatic nitrogens is 3. The molecule has 0 N–H and O–H groups in total. The van der Waals surface area contributed by atoms with E-state index < -0.39 is 0 Å². The number of ether oxygens (including phenoxy) is 1. The summed E-state index contributed by atoms with van der Waals surface area (Å²) in [4.78, 5) is 33.1. The molecule has 1 saturated heterocycles. The first-order valence-electron chi connectivity index (χ1n) is 13.3. The minimum atomic E-state index is -0.0192. The smallest absolute Gasteiger partial charge is 0.263 e. The topological polar surface area (TPSA) is 69.4 Å². The van der Waals surface area contributed by atoms with Gasteiger partial charge in [0.15, 0.2) is 10.9 Å². The summed E-state index contributed by atoms with van der Waals surface area (Å²) in [5, 5.41) is 1.33. The van der Waals surface area contributed by atoms with Crippen LogP contribution in [0.25, 0.3) is 11.0 Å². The molecule has 2 aromatic carbocycles. The molecule has 1 aliphatic rings. The SMILES string of the molecule is CCn1c(SC)nc2c(ccn2Cc2ccc(C(=O)c3ccc(OCCN4CCCCC4)cc3)cc2)c1=O. The summed E-state index contributed by atoms with van der Waals surface area (Å²) in [6.07, 6.45) is 7.72. The highest BCUT2D eigenvalue weighted by Gasteiger charge is 2.14. The maximum Gasteiger partial charge on any atom is 0.263 e. The minimum absolute atomic E-state index is 0.0139. The Labute approximate surface area is 227 Å². The van der Waals surface area contributed by atoms with Crippen LogP contribution in [0, 0.1) is 0 Å². The highest BCUT2D eigenvalue weighted by Crippen LogP contribution is 2.20. The first kappa shape index (κ1) is 26.3. The van der Waals surface area contributed by atoms with Crippen LogP contribution in [0.15, 0.2) is 70.7 Å². The number of rotatable bonds is 10. The maximum absolute atomic E-state index is 13.0. The average Bonchev–Trinajstić information content (AvgIpc) is 3.36. The van der Waals surface area contributed by atoms with Crippen molar-refractivity contribution in [2.45, 2.75) is 44.4 Å². The summed E-state index contributed by atoms with van der Waals surface area (Å²) in [5.74, 6) is 0.769. The van der Waals surface area contributed by atoms with Gasteiger partial charge in [0, 0.05) is 37.0 Å². The fourth-order valence-electron chi connectivity index (χ4n) is 5.00. The molecule has 38 heavy (non-hydrogen) atoms. The number of ketones is 1. The summed E-state index contributed by atoms with van der Waals surface area (Å²) < 4.78 is 9.58. The molecule has 0 spiro atoms. The van der Waals surface area contributed by atoms with Crippen molar-refractivity contribution in [2.24, 2.45) is 0 Å². The highest BCUT2D eigenvalue weighted by molar-refractivity contribution is 7.98. The van der Waals surface area contributed by atoms with Gasteiger partial charge in [-0.3, -0.25) is 19.1 Å². The van der Waals surface area contributed by atoms with Crippen LogP contribution in [-0.2, 0) is 13.1 Å². The van der Waals surface area contributed by atoms with Crippen molar-refractivity contribution in [2.75, 3.05) is 32.5 Å². The first-order valence-corrected chi connectivity index (χ1v) is 14.5. The zero-order valence-corrected chi connectivity index (χ0v) is 22.9. The van der Waals surface area contributed by atoms with Crippen molar-refractivity contribution >= 4 is 28.6 Å². The molecular formula is C30H34N4O3S. The van der Waals surface area contributed by atoms with Crippen molar-refractivity contribution in [1.29, 1.82) is 0 Å². The number of carbonyl (C=O) groups is 1. The van der Waals surface area contributed by atoms with Gasteiger partial charge in [-0.15, -0.1) is 0 Å². The second kappa shape index (κ2) is 12.0. The number of benzene rings is 2. The van der Waals surface area contributed by atoms with E-state index in [0.29, 0.717) is 47.0 Å². The number of hydrogen-bond donors (Lipinski definition) is 0. The molecule has 8 heteroatoms. The monoisotopic (exact) mass is 530 g/mol. The van der Waals surface area contributed by atoms with Gasteiger partial charge in [-0.05, 0) is 75.0 Å². The molecule has 0 bridgehead atoms. The summed E-state index contributed by atoms with van der Waals surface area (Å²) in [7, 11) is 0. The van der Waals surface area contributed by atoms with E-state index >= 15 is 0 Å². The van der Waals surface area contributed by atoms with Crippen LogP contribution in [0.2, 0.25) is 0 Å². The van der Waals surface area contributed by atoms with Crippen LogP contribution < -0.4 is 10.3 Å². The molecular weight excluding hydrogens is 496 g/mol. The number of piperidine rings is 1. The average molecular weight is 531 g/mol. The summed E-state index contributed by atoms with van der Waals surface area (Å²) in [6.45, 7) is 7.03. The van der Waals surface area contributed by atoms with E-state index in [2.05, 4.69) is 4.90 Å². The van der Waals surface area contributed by atoms with Crippen LogP contribution in [0.4, 0.5) is 0 Å². The maximum atomic E-state index is 13.0. The fourth-order valence-corrected chi connectivity index (χ4v) is 5.61. The molecule has 0 radical (unpaired) electrons. The van der Waals surface area contributed by atoms with E-state index in [1.807, 2.05) is 78.5 Å². The molecule has 0 saturated carbocycles. The Morgan fingerprint density at radius 3 is 2.32 bits per heavy atom. The first-order chi connectivity index (χ1) is 18.6. The van der Waals surface area contributed by atoms with Gasteiger partial charge in [-0.25, -0.2) is 4.98 Å². The predicted molar refractivity (Wildman–Crippen MR) is 153 cm³/mol. The number of nitrogens with zero attached hydrogens (tertiary/aromatic N) is 4. The Morgan fingerprint density at radius 1 is 0.974 bits per heavy atom. The highest BCUT2D eigenvalue weighted by atomic mass is 32.2. The summed E-state index contributed by atoms with van der Waals surface area (Å²) in [6, 6.07) is 16.9. The van der Waals surface area contributed by atoms with Gasteiger partial charge in [0.2, 0.25) is 0 Å². The van der Waals surface area contributed by atoms with Crippen LogP contribution in [0.5, 0.6) is 5.75 Å². The lowest BCUT2D eigenvalue weighted by molar-refractivity contribution is 0.103. The Balaban J connectivity index is 1.22. The minimum Gasteiger partial charge on any atom is -0.492 e. The summed E-state index contributed by atoms with van der Waals surface area (Å²) in [5.41, 5.74) is 2.98. The van der Waals surface area contributed by atoms with Gasteiger partial charge in [0.1, 0.15) is 18.0 Å². The number of hydrogen-bond acceptors (Lipinski definition) is 6. The molecule has 1 aliphatic heterocycles. The van der Waals surface area contributed by atoms with Crippen molar-refractivity contribution in [1.82, 2.24) is 19.0 Å². The number of thioether (sulfide) groups is 1. The molecule has 2 aromatic heterocycles. The van der Waals surface area contributed by atoms with Gasteiger partial charge in [0.25, 0.3) is 5.56 Å². The van der Waals surface area contributed by atoms with Gasteiger partial charge in [-0.1, -0.05) is 42.4 Å². The van der Waals surface area contributed by atoms with Gasteiger partial charge in [0.05, 0.1) is 5.39 Å². The molecule has 0 atom stereocenters. The van der Waals surface area contributed by atoms with E-state index in [1.165, 1.54) is 31.0 Å². The molecule has 0 amide bonds. The summed E-state index contributed by atoms with van der Waals surface area (Å²) >= 11 is 1.47. The predicted octanol–water partition coefficient (Wildman–Crippen LogP) is 5.08. The van der Waals surface area contributed by atoms with Crippen LogP contribution in [-0.4, -0.2) is 57.3 Å². The molecule has 4 aromatic rings. The third-order valence-corrected chi connectivity index (χ3v) is 7.83. The fraction of sp³-hybridized carbons (Fsp3) is 0.367. The number of likely N-dealkylation sites (tertiary alicyclic amines) is 1. The van der Waals surface area contributed by atoms with Crippen molar-refractivity contribution in [3.8, 4) is 5.75 Å². The van der Waals surface area contributed by atoms with E-state index in [0.717, 1.165) is 30.9 Å². The van der Waals surface area contributed by atoms with Crippen LogP contribution >= 0.6 is 11.8 Å². The van der Waals surface area contributed by atoms with E-state index in [-0.39, 0.29) is 11.3 Å². The van der Waals surface area contributed by atoms with Crippen molar-refractivity contribution in [3.05, 3.63) is 87.8 Å². The molecule has 0 unspecified atom stereocenters. The largest absolute Gasteiger partial charge is 0.492 e. The lowest BCUT2D eigenvalue weighted by Crippen LogP contribution is -2.33. The lowest BCUT2D eigenvalue weighted by atomic mass is 10.0. The Morgan fingerprint density at radius 2 is 1.66 bits per heavy atom. The van der Waals surface area contributed by atoms with Gasteiger partial charge < -0.3 is 9.30 Å². The third-order valence-electron chi connectivity index (χ3n) is 7.15. The molecule has 5 rings (SSSR count). The number of carbonyl (C=O) groups excluding carboxylic acids is 1. The Bertz CT molecular complexity index is 1450.